The summed E-state index contributed by atoms with van der Waals surface area (Å²) in [7, 11) is 0. The summed E-state index contributed by atoms with van der Waals surface area (Å²) >= 11 is 13.9. The van der Waals surface area contributed by atoms with Crippen molar-refractivity contribution in [1.82, 2.24) is 9.88 Å². The van der Waals surface area contributed by atoms with Gasteiger partial charge in [0.1, 0.15) is 11.2 Å². The lowest BCUT2D eigenvalue weighted by Crippen LogP contribution is -2.40. The molecule has 1 amide bonds. The minimum absolute atomic E-state index is 0.324. The molecule has 6 nitrogen and oxygen atoms in total. The number of hydrogen-bond donors (Lipinski definition) is 1. The van der Waals surface area contributed by atoms with Gasteiger partial charge in [-0.2, -0.15) is 0 Å². The van der Waals surface area contributed by atoms with Gasteiger partial charge in [-0.25, -0.2) is 9.78 Å². The molecule has 0 saturated carbocycles. The fourth-order valence-electron chi connectivity index (χ4n) is 3.19. The van der Waals surface area contributed by atoms with E-state index in [1.54, 1.807) is 6.07 Å². The van der Waals surface area contributed by atoms with E-state index in [4.69, 9.17) is 32.7 Å². The number of nitrogens with zero attached hydrogens (tertiary/aromatic N) is 2. The highest BCUT2D eigenvalue weighted by atomic mass is 35.5. The van der Waals surface area contributed by atoms with E-state index in [-0.39, 0.29) is 0 Å². The zero-order chi connectivity index (χ0) is 17.6. The van der Waals surface area contributed by atoms with Crippen LogP contribution >= 0.6 is 34.5 Å². The van der Waals surface area contributed by atoms with E-state index < -0.39 is 18.4 Å². The smallest absolute Gasteiger partial charge is 0.408 e. The van der Waals surface area contributed by atoms with Gasteiger partial charge in [-0.3, -0.25) is 4.90 Å². The molecule has 2 aromatic rings. The van der Waals surface area contributed by atoms with E-state index in [9.17, 15) is 9.90 Å². The average molecular weight is 401 g/mol. The summed E-state index contributed by atoms with van der Waals surface area (Å²) in [4.78, 5) is 18.3. The van der Waals surface area contributed by atoms with Crippen LogP contribution in [0.15, 0.2) is 18.2 Å². The number of aromatic nitrogens is 1. The molecule has 25 heavy (non-hydrogen) atoms. The van der Waals surface area contributed by atoms with E-state index in [2.05, 4.69) is 4.98 Å². The van der Waals surface area contributed by atoms with Gasteiger partial charge in [0.2, 0.25) is 0 Å². The fraction of sp³-hybridized carbons (Fsp3) is 0.375. The van der Waals surface area contributed by atoms with Crippen molar-refractivity contribution in [2.75, 3.05) is 19.8 Å². The molecule has 2 aliphatic rings. The number of carbonyl (C=O) groups is 1. The molecule has 0 bridgehead atoms. The van der Waals surface area contributed by atoms with Gasteiger partial charge >= 0.3 is 6.09 Å². The first-order chi connectivity index (χ1) is 12.0. The summed E-state index contributed by atoms with van der Waals surface area (Å²) in [6, 6.07) is 4.86. The topological polar surface area (TPSA) is 71.9 Å². The zero-order valence-corrected chi connectivity index (χ0v) is 15.3. The van der Waals surface area contributed by atoms with Crippen LogP contribution in [0.25, 0.3) is 0 Å². The fourth-order valence-corrected chi connectivity index (χ4v) is 4.69. The first-order valence-electron chi connectivity index (χ1n) is 7.72. The van der Waals surface area contributed by atoms with Crippen LogP contribution in [0, 0.1) is 0 Å². The van der Waals surface area contributed by atoms with Crippen molar-refractivity contribution < 1.29 is 19.4 Å². The van der Waals surface area contributed by atoms with Crippen LogP contribution in [0.1, 0.15) is 34.0 Å². The normalized spacial score (nSPS) is 20.7. The third-order valence-corrected chi connectivity index (χ3v) is 5.92. The molecule has 4 heterocycles. The Labute approximate surface area is 157 Å². The van der Waals surface area contributed by atoms with Crippen LogP contribution < -0.4 is 0 Å². The monoisotopic (exact) mass is 400 g/mol. The number of halogens is 2. The number of pyridine rings is 1. The van der Waals surface area contributed by atoms with Gasteiger partial charge in [-0.15, -0.1) is 11.3 Å². The maximum Gasteiger partial charge on any atom is 0.408 e. The quantitative estimate of drug-likeness (QED) is 0.767. The number of carboxylic acid groups (broad SMARTS) is 1. The van der Waals surface area contributed by atoms with E-state index in [1.165, 1.54) is 16.2 Å². The predicted octanol–water partition coefficient (Wildman–Crippen LogP) is 4.12. The van der Waals surface area contributed by atoms with Crippen molar-refractivity contribution in [3.63, 3.8) is 0 Å². The van der Waals surface area contributed by atoms with Gasteiger partial charge in [-0.1, -0.05) is 29.3 Å². The van der Waals surface area contributed by atoms with E-state index in [0.717, 1.165) is 10.4 Å². The minimum atomic E-state index is -1.02. The van der Waals surface area contributed by atoms with Crippen LogP contribution in [-0.4, -0.2) is 40.8 Å². The molecule has 0 radical (unpaired) electrons. The van der Waals surface area contributed by atoms with Gasteiger partial charge in [0.25, 0.3) is 0 Å². The lowest BCUT2D eigenvalue weighted by atomic mass is 9.94. The summed E-state index contributed by atoms with van der Waals surface area (Å²) in [6.45, 7) is 1.43. The van der Waals surface area contributed by atoms with Crippen LogP contribution in [0.2, 0.25) is 9.49 Å². The number of ether oxygens (including phenoxy) is 2. The summed E-state index contributed by atoms with van der Waals surface area (Å²) < 4.78 is 11.5. The summed E-state index contributed by atoms with van der Waals surface area (Å²) in [6.07, 6.45) is -0.884. The van der Waals surface area contributed by atoms with Crippen LogP contribution in [-0.2, 0) is 15.9 Å². The van der Waals surface area contributed by atoms with Gasteiger partial charge in [0.15, 0.2) is 6.29 Å². The molecule has 1 saturated heterocycles. The maximum absolute atomic E-state index is 11.8. The first kappa shape index (κ1) is 17.1. The molecule has 0 spiro atoms. The predicted molar refractivity (Wildman–Crippen MR) is 93.5 cm³/mol. The highest BCUT2D eigenvalue weighted by molar-refractivity contribution is 7.16. The van der Waals surface area contributed by atoms with E-state index >= 15 is 0 Å². The Kier molecular flexibility index (Phi) is 4.59. The Bertz CT molecular complexity index is 822. The number of thiophene rings is 1. The molecule has 0 aromatic carbocycles. The Balaban J connectivity index is 1.81. The lowest BCUT2D eigenvalue weighted by molar-refractivity contribution is -0.0413. The number of fused-ring (bicyclic) bond motifs is 1. The molecule has 9 heteroatoms. The molecule has 4 rings (SSSR count). The van der Waals surface area contributed by atoms with Crippen LogP contribution in [0.5, 0.6) is 0 Å². The van der Waals surface area contributed by atoms with Gasteiger partial charge in [0, 0.05) is 12.1 Å². The largest absolute Gasteiger partial charge is 0.465 e. The Morgan fingerprint density at radius 3 is 2.80 bits per heavy atom. The summed E-state index contributed by atoms with van der Waals surface area (Å²) in [5, 5.41) is 9.97. The molecule has 1 fully saturated rings. The van der Waals surface area contributed by atoms with Crippen LogP contribution in [0.3, 0.4) is 0 Å². The van der Waals surface area contributed by atoms with Crippen molar-refractivity contribution in [2.24, 2.45) is 0 Å². The molecule has 1 unspecified atom stereocenters. The molecular formula is C16H14Cl2N2O4S. The Morgan fingerprint density at radius 2 is 2.08 bits per heavy atom. The third kappa shape index (κ3) is 3.11. The van der Waals surface area contributed by atoms with Gasteiger partial charge in [0.05, 0.1) is 28.1 Å². The van der Waals surface area contributed by atoms with E-state index in [0.29, 0.717) is 46.9 Å². The van der Waals surface area contributed by atoms with Crippen molar-refractivity contribution >= 4 is 40.6 Å². The first-order valence-corrected chi connectivity index (χ1v) is 9.29. The lowest BCUT2D eigenvalue weighted by Gasteiger charge is -2.34. The molecule has 1 N–H and O–H groups in total. The highest BCUT2D eigenvalue weighted by Crippen LogP contribution is 2.43. The molecule has 1 atom stereocenters. The minimum Gasteiger partial charge on any atom is -0.465 e. The van der Waals surface area contributed by atoms with Crippen LogP contribution in [0.4, 0.5) is 4.79 Å². The number of amides is 1. The van der Waals surface area contributed by atoms with Gasteiger partial charge < -0.3 is 14.6 Å². The number of rotatable bonds is 2. The summed E-state index contributed by atoms with van der Waals surface area (Å²) in [5.41, 5.74) is 2.28. The highest BCUT2D eigenvalue weighted by Gasteiger charge is 2.36. The van der Waals surface area contributed by atoms with Crippen molar-refractivity contribution in [3.8, 4) is 0 Å². The second-order valence-electron chi connectivity index (χ2n) is 5.76. The molecule has 0 aliphatic carbocycles. The van der Waals surface area contributed by atoms with Crippen molar-refractivity contribution in [1.29, 1.82) is 0 Å². The molecular weight excluding hydrogens is 387 g/mol. The maximum atomic E-state index is 11.8. The standard InChI is InChI=1S/C16H14Cl2N2O4S/c17-11-2-1-8-3-4-20(16(21)22)13(12(8)19-11)9-7-10(25-14(9)18)15-23-5-6-24-15/h1-2,7,13,15H,3-6H2,(H,21,22). The van der Waals surface area contributed by atoms with Crippen molar-refractivity contribution in [3.05, 3.63) is 49.4 Å². The number of hydrogen-bond acceptors (Lipinski definition) is 5. The molecule has 2 aliphatic heterocycles. The van der Waals surface area contributed by atoms with E-state index in [1.807, 2.05) is 12.1 Å². The third-order valence-electron chi connectivity index (χ3n) is 4.30. The second kappa shape index (κ2) is 6.74. The van der Waals surface area contributed by atoms with Gasteiger partial charge in [-0.05, 0) is 24.1 Å². The molecule has 2 aromatic heterocycles. The Morgan fingerprint density at radius 1 is 1.32 bits per heavy atom. The summed E-state index contributed by atoms with van der Waals surface area (Å²) in [5.74, 6) is 0. The Hall–Kier alpha value is -1.38. The SMILES string of the molecule is O=C(O)N1CCc2ccc(Cl)nc2C1c1cc(C2OCCO2)sc1Cl. The molecule has 132 valence electrons. The van der Waals surface area contributed by atoms with Crippen molar-refractivity contribution in [2.45, 2.75) is 18.8 Å². The average Bonchev–Trinajstić information content (AvgIpc) is 3.23. The second-order valence-corrected chi connectivity index (χ2v) is 7.83. The zero-order valence-electron chi connectivity index (χ0n) is 12.9.